The van der Waals surface area contributed by atoms with Crippen LogP contribution in [0.15, 0.2) is 148 Å². The summed E-state index contributed by atoms with van der Waals surface area (Å²) < 4.78 is 28.6. The van der Waals surface area contributed by atoms with E-state index in [1.54, 1.807) is 31.5 Å². The average Bonchev–Trinajstić information content (AvgIpc) is 3.94. The number of hydrogen-bond acceptors (Lipinski definition) is 16. The second-order valence-electron chi connectivity index (χ2n) is 13.4. The molecule has 9 rings (SSSR count). The van der Waals surface area contributed by atoms with E-state index in [2.05, 4.69) is 46.0 Å². The van der Waals surface area contributed by atoms with Crippen molar-refractivity contribution >= 4 is 51.9 Å². The fourth-order valence-corrected chi connectivity index (χ4v) is 6.31. The third-order valence-corrected chi connectivity index (χ3v) is 9.38. The molecule has 61 heavy (non-hydrogen) atoms. The molecule has 0 fully saturated rings. The highest BCUT2D eigenvalue weighted by molar-refractivity contribution is 7.98. The van der Waals surface area contributed by atoms with Crippen molar-refractivity contribution in [3.8, 4) is 51.8 Å². The zero-order chi connectivity index (χ0) is 42.1. The Morgan fingerprint density at radius 1 is 0.607 bits per heavy atom. The van der Waals surface area contributed by atoms with E-state index < -0.39 is 0 Å². The number of anilines is 5. The quantitative estimate of drug-likeness (QED) is 0.0776. The largest absolute Gasteiger partial charge is 0.497 e. The molecule has 0 aliphatic carbocycles. The smallest absolute Gasteiger partial charge is 0.320 e. The summed E-state index contributed by atoms with van der Waals surface area (Å²) in [4.78, 5) is 12.8. The topological polar surface area (TPSA) is 194 Å². The molecule has 0 saturated carbocycles. The van der Waals surface area contributed by atoms with Crippen LogP contribution in [0.5, 0.6) is 28.9 Å². The van der Waals surface area contributed by atoms with Gasteiger partial charge < -0.3 is 39.4 Å². The van der Waals surface area contributed by atoms with Crippen molar-refractivity contribution in [1.29, 1.82) is 0 Å². The Labute approximate surface area is 354 Å². The van der Waals surface area contributed by atoms with Gasteiger partial charge in [0.1, 0.15) is 28.8 Å². The molecule has 5 aromatic carbocycles. The van der Waals surface area contributed by atoms with Crippen molar-refractivity contribution in [1.82, 2.24) is 35.3 Å². The van der Waals surface area contributed by atoms with Gasteiger partial charge in [-0.05, 0) is 122 Å². The van der Waals surface area contributed by atoms with Crippen LogP contribution in [-0.4, -0.2) is 48.7 Å². The molecule has 9 aromatic rings. The second kappa shape index (κ2) is 18.3. The molecule has 16 heteroatoms. The molecule has 4 aromatic heterocycles. The highest BCUT2D eigenvalue weighted by Gasteiger charge is 2.13. The lowest BCUT2D eigenvalue weighted by molar-refractivity contribution is 0.415. The lowest BCUT2D eigenvalue weighted by Crippen LogP contribution is -1.97. The summed E-state index contributed by atoms with van der Waals surface area (Å²) in [6.45, 7) is 4.05. The number of aryl methyl sites for hydroxylation is 2. The molecular formula is C45H38N10O5S. The Balaban J connectivity index is 0.000000169. The summed E-state index contributed by atoms with van der Waals surface area (Å²) in [5.74, 6) is 4.34. The maximum Gasteiger partial charge on any atom is 0.320 e. The van der Waals surface area contributed by atoms with Gasteiger partial charge in [0.05, 0.1) is 12.6 Å². The number of ether oxygens (including phenoxy) is 3. The first-order chi connectivity index (χ1) is 29.8. The Kier molecular flexibility index (Phi) is 11.9. The van der Waals surface area contributed by atoms with Gasteiger partial charge in [-0.25, -0.2) is 4.98 Å². The minimum Gasteiger partial charge on any atom is -0.497 e. The first kappa shape index (κ1) is 39.8. The van der Waals surface area contributed by atoms with Crippen LogP contribution in [0.3, 0.4) is 0 Å². The monoisotopic (exact) mass is 830 g/mol. The predicted molar refractivity (Wildman–Crippen MR) is 235 cm³/mol. The van der Waals surface area contributed by atoms with Crippen molar-refractivity contribution < 1.29 is 23.0 Å². The summed E-state index contributed by atoms with van der Waals surface area (Å²) >= 11 is 1.40. The molecule has 0 aliphatic heterocycles. The summed E-state index contributed by atoms with van der Waals surface area (Å²) in [6.07, 6.45) is 3.59. The van der Waals surface area contributed by atoms with E-state index in [1.165, 1.54) is 11.8 Å². The van der Waals surface area contributed by atoms with Crippen LogP contribution in [0.2, 0.25) is 0 Å². The highest BCUT2D eigenvalue weighted by Crippen LogP contribution is 2.33. The Bertz CT molecular complexity index is 2900. The van der Waals surface area contributed by atoms with Crippen LogP contribution in [0.4, 0.5) is 29.2 Å². The van der Waals surface area contributed by atoms with Gasteiger partial charge in [0.2, 0.25) is 17.7 Å². The fraction of sp³-hybridized carbons (Fsp3) is 0.0889. The third kappa shape index (κ3) is 10.2. The normalized spacial score (nSPS) is 10.8. The van der Waals surface area contributed by atoms with Crippen molar-refractivity contribution in [3.05, 3.63) is 145 Å². The Morgan fingerprint density at radius 3 is 1.74 bits per heavy atom. The molecule has 0 spiro atoms. The first-order valence-electron chi connectivity index (χ1n) is 18.8. The van der Waals surface area contributed by atoms with E-state index in [0.717, 1.165) is 50.3 Å². The molecule has 0 saturated heterocycles. The molecule has 4 N–H and O–H groups in total. The number of pyridine rings is 1. The summed E-state index contributed by atoms with van der Waals surface area (Å²) in [6, 6.07) is 40.4. The summed E-state index contributed by atoms with van der Waals surface area (Å²) in [5.41, 5.74) is 12.2. The van der Waals surface area contributed by atoms with Crippen molar-refractivity contribution in [3.63, 3.8) is 0 Å². The van der Waals surface area contributed by atoms with Gasteiger partial charge >= 0.3 is 12.0 Å². The number of nitrogen functional groups attached to an aromatic ring is 1. The lowest BCUT2D eigenvalue weighted by atomic mass is 10.2. The molecule has 0 atom stereocenters. The van der Waals surface area contributed by atoms with Crippen molar-refractivity contribution in [2.24, 2.45) is 0 Å². The van der Waals surface area contributed by atoms with Gasteiger partial charge in [0, 0.05) is 46.2 Å². The molecule has 0 amide bonds. The third-order valence-electron chi connectivity index (χ3n) is 8.84. The van der Waals surface area contributed by atoms with Gasteiger partial charge in [-0.3, -0.25) is 4.98 Å². The Morgan fingerprint density at radius 2 is 1.18 bits per heavy atom. The lowest BCUT2D eigenvalue weighted by Gasteiger charge is -2.09. The number of aromatic nitrogens is 7. The van der Waals surface area contributed by atoms with Crippen LogP contribution in [-0.2, 0) is 0 Å². The predicted octanol–water partition coefficient (Wildman–Crippen LogP) is 10.8. The zero-order valence-electron chi connectivity index (χ0n) is 33.4. The van der Waals surface area contributed by atoms with E-state index in [0.29, 0.717) is 57.9 Å². The molecular weight excluding hydrogens is 793 g/mol. The molecule has 0 bridgehead atoms. The number of rotatable bonds is 12. The minimum atomic E-state index is 0.326. The first-order valence-corrected chi connectivity index (χ1v) is 20.0. The van der Waals surface area contributed by atoms with Gasteiger partial charge in [0.25, 0.3) is 0 Å². The maximum absolute atomic E-state index is 6.09. The number of hydrogen-bond donors (Lipinski definition) is 3. The number of benzene rings is 5. The molecule has 0 radical (unpaired) electrons. The second-order valence-corrected chi connectivity index (χ2v) is 14.1. The van der Waals surface area contributed by atoms with E-state index in [-0.39, 0.29) is 0 Å². The molecule has 304 valence electrons. The van der Waals surface area contributed by atoms with Crippen LogP contribution in [0.1, 0.15) is 11.1 Å². The average molecular weight is 831 g/mol. The number of methoxy groups -OCH3 is 1. The van der Waals surface area contributed by atoms with Crippen LogP contribution >= 0.6 is 11.8 Å². The highest BCUT2D eigenvalue weighted by atomic mass is 32.2. The van der Waals surface area contributed by atoms with Crippen molar-refractivity contribution in [2.45, 2.75) is 19.0 Å². The van der Waals surface area contributed by atoms with E-state index >= 15 is 0 Å². The molecule has 0 aliphatic rings. The number of nitrogens with zero attached hydrogens (tertiary/aromatic N) is 7. The standard InChI is InChI=1S/C25H20N4O3.C20H18N6O2S/c1-16-4-3-5-18(14-16)27-25-29-28-24(32-25)17-6-8-19(9-7-17)31-23-12-13-26-22-15-20(30-2)10-11-21(22)23;1-12-4-3-5-14(10-12)22-19-26-25-18(28-19)13-6-8-15(9-7-13)27-17-11-16(21)23-20(24-17)29-2/h3-15H,1-2H3,(H,27,29);3-11H,1-2H3,(H,22,26)(H2,21,23,24). The maximum atomic E-state index is 6.09. The van der Waals surface area contributed by atoms with Gasteiger partial charge in [0.15, 0.2) is 5.16 Å². The SMILES string of the molecule is COc1ccc2c(Oc3ccc(-c4nnc(Nc5cccc(C)c5)o4)cc3)ccnc2c1.CSc1nc(N)cc(Oc2ccc(-c3nnc(Nc4cccc(C)c4)o3)cc2)n1. The minimum absolute atomic E-state index is 0.326. The van der Waals surface area contributed by atoms with E-state index in [4.69, 9.17) is 28.8 Å². The molecule has 4 heterocycles. The van der Waals surface area contributed by atoms with Crippen LogP contribution in [0.25, 0.3) is 33.8 Å². The van der Waals surface area contributed by atoms with Crippen LogP contribution in [0, 0.1) is 13.8 Å². The fourth-order valence-electron chi connectivity index (χ4n) is 5.93. The van der Waals surface area contributed by atoms with Gasteiger partial charge in [-0.1, -0.05) is 46.2 Å². The number of nitrogens with two attached hydrogens (primary N) is 1. The zero-order valence-corrected chi connectivity index (χ0v) is 34.2. The van der Waals surface area contributed by atoms with Crippen molar-refractivity contribution in [2.75, 3.05) is 29.7 Å². The molecule has 15 nitrogen and oxygen atoms in total. The summed E-state index contributed by atoms with van der Waals surface area (Å²) in [7, 11) is 1.63. The van der Waals surface area contributed by atoms with Crippen LogP contribution < -0.4 is 30.6 Å². The van der Waals surface area contributed by atoms with E-state index in [9.17, 15) is 0 Å². The van der Waals surface area contributed by atoms with E-state index in [1.807, 2.05) is 129 Å². The number of thioether (sulfide) groups is 1. The Hall–Kier alpha value is -7.98. The molecule has 0 unspecified atom stereocenters. The number of fused-ring (bicyclic) bond motifs is 1. The van der Waals surface area contributed by atoms with Gasteiger partial charge in [-0.2, -0.15) is 4.98 Å². The summed E-state index contributed by atoms with van der Waals surface area (Å²) in [5, 5.41) is 24.0. The van der Waals surface area contributed by atoms with Gasteiger partial charge in [-0.15, -0.1) is 10.2 Å². The number of nitrogens with one attached hydrogen (secondary N) is 2.